The van der Waals surface area contributed by atoms with Gasteiger partial charge in [0.05, 0.1) is 12.3 Å². The number of carbonyl (C=O) groups excluding carboxylic acids is 2. The van der Waals surface area contributed by atoms with Gasteiger partial charge in [-0.3, -0.25) is 9.59 Å². The molecule has 7 heteroatoms. The first-order valence-electron chi connectivity index (χ1n) is 9.02. The van der Waals surface area contributed by atoms with Gasteiger partial charge < -0.3 is 10.1 Å². The lowest BCUT2D eigenvalue weighted by molar-refractivity contribution is -0.143. The summed E-state index contributed by atoms with van der Waals surface area (Å²) in [6, 6.07) is 11.4. The summed E-state index contributed by atoms with van der Waals surface area (Å²) in [5, 5.41) is 2.16. The van der Waals surface area contributed by atoms with Crippen molar-refractivity contribution >= 4 is 45.3 Å². The van der Waals surface area contributed by atoms with Gasteiger partial charge in [-0.15, -0.1) is 11.8 Å². The van der Waals surface area contributed by atoms with Gasteiger partial charge in [0.25, 0.3) is 5.91 Å². The van der Waals surface area contributed by atoms with Gasteiger partial charge in [-0.05, 0) is 52.5 Å². The Morgan fingerprint density at radius 2 is 1.89 bits per heavy atom. The number of thioether (sulfide) groups is 1. The van der Waals surface area contributed by atoms with Crippen LogP contribution in [0.1, 0.15) is 37.6 Å². The normalized spacial score (nSPS) is 11.9. The van der Waals surface area contributed by atoms with Crippen molar-refractivity contribution in [2.75, 3.05) is 11.9 Å². The molecule has 0 saturated carbocycles. The van der Waals surface area contributed by atoms with Crippen LogP contribution in [-0.2, 0) is 9.53 Å². The zero-order chi connectivity index (χ0) is 20.7. The van der Waals surface area contributed by atoms with Crippen LogP contribution in [0.4, 0.5) is 10.1 Å². The Labute approximate surface area is 177 Å². The number of nitrogens with one attached hydrogen (secondary N) is 1. The minimum absolute atomic E-state index is 0.0219. The predicted octanol–water partition coefficient (Wildman–Crippen LogP) is 5.91. The van der Waals surface area contributed by atoms with E-state index < -0.39 is 17.0 Å². The molecule has 0 aromatic heterocycles. The molecule has 1 amide bonds. The first kappa shape index (κ1) is 22.4. The van der Waals surface area contributed by atoms with Crippen LogP contribution in [-0.4, -0.2) is 23.7 Å². The number of esters is 1. The zero-order valence-electron chi connectivity index (χ0n) is 16.0. The Morgan fingerprint density at radius 3 is 2.50 bits per heavy atom. The van der Waals surface area contributed by atoms with E-state index in [1.807, 2.05) is 20.8 Å². The van der Waals surface area contributed by atoms with Crippen LogP contribution in [0, 0.1) is 11.7 Å². The molecule has 1 N–H and O–H groups in total. The average Bonchev–Trinajstić information content (AvgIpc) is 2.67. The van der Waals surface area contributed by atoms with Crippen LogP contribution in [0.5, 0.6) is 0 Å². The van der Waals surface area contributed by atoms with E-state index in [0.29, 0.717) is 21.5 Å². The maximum absolute atomic E-state index is 14.4. The highest BCUT2D eigenvalue weighted by atomic mass is 79.9. The molecule has 0 spiro atoms. The van der Waals surface area contributed by atoms with Crippen LogP contribution in [0.3, 0.4) is 0 Å². The number of amides is 1. The predicted molar refractivity (Wildman–Crippen MR) is 114 cm³/mol. The molecule has 1 unspecified atom stereocenters. The first-order chi connectivity index (χ1) is 13.3. The molecule has 1 atom stereocenters. The zero-order valence-corrected chi connectivity index (χ0v) is 18.4. The number of carbonyl (C=O) groups is 2. The minimum Gasteiger partial charge on any atom is -0.465 e. The van der Waals surface area contributed by atoms with Gasteiger partial charge in [0.2, 0.25) is 0 Å². The van der Waals surface area contributed by atoms with Crippen molar-refractivity contribution < 1.29 is 18.7 Å². The maximum atomic E-state index is 14.4. The number of hydrogen-bond donors (Lipinski definition) is 1. The summed E-state index contributed by atoms with van der Waals surface area (Å²) in [6.45, 7) is 6.16. The smallest absolute Gasteiger partial charge is 0.319 e. The summed E-state index contributed by atoms with van der Waals surface area (Å²) in [4.78, 5) is 25.4. The summed E-state index contributed by atoms with van der Waals surface area (Å²) in [7, 11) is 0. The van der Waals surface area contributed by atoms with E-state index in [1.54, 1.807) is 30.3 Å². The van der Waals surface area contributed by atoms with Crippen LogP contribution < -0.4 is 5.32 Å². The molecular weight excluding hydrogens is 445 g/mol. The minimum atomic E-state index is -0.560. The van der Waals surface area contributed by atoms with Gasteiger partial charge in [0.15, 0.2) is 0 Å². The number of benzene rings is 2. The molecule has 4 nitrogen and oxygen atoms in total. The Bertz CT molecular complexity index is 830. The molecule has 2 rings (SSSR count). The highest BCUT2D eigenvalue weighted by molar-refractivity contribution is 9.10. The van der Waals surface area contributed by atoms with Gasteiger partial charge >= 0.3 is 5.97 Å². The molecule has 150 valence electrons. The molecule has 2 aromatic carbocycles. The van der Waals surface area contributed by atoms with Gasteiger partial charge in [-0.1, -0.05) is 39.0 Å². The Hall–Kier alpha value is -1.86. The van der Waals surface area contributed by atoms with E-state index in [1.165, 1.54) is 23.9 Å². The number of rotatable bonds is 8. The lowest BCUT2D eigenvalue weighted by Crippen LogP contribution is -2.26. The third kappa shape index (κ3) is 6.07. The maximum Gasteiger partial charge on any atom is 0.319 e. The van der Waals surface area contributed by atoms with E-state index >= 15 is 0 Å². The van der Waals surface area contributed by atoms with Crippen LogP contribution in [0.25, 0.3) is 0 Å². The van der Waals surface area contributed by atoms with Gasteiger partial charge in [0, 0.05) is 14.9 Å². The summed E-state index contributed by atoms with van der Waals surface area (Å²) in [5.41, 5.74) is 0.492. The van der Waals surface area contributed by atoms with Crippen molar-refractivity contribution in [2.24, 2.45) is 5.92 Å². The fourth-order valence-electron chi connectivity index (χ4n) is 2.38. The van der Waals surface area contributed by atoms with Crippen molar-refractivity contribution in [3.8, 4) is 0 Å². The van der Waals surface area contributed by atoms with Crippen molar-refractivity contribution in [3.05, 3.63) is 58.3 Å². The molecule has 0 bridgehead atoms. The second-order valence-electron chi connectivity index (χ2n) is 6.53. The van der Waals surface area contributed by atoms with E-state index in [4.69, 9.17) is 4.74 Å². The second-order valence-corrected chi connectivity index (χ2v) is 8.57. The molecule has 28 heavy (non-hydrogen) atoms. The Morgan fingerprint density at radius 1 is 1.21 bits per heavy atom. The van der Waals surface area contributed by atoms with Crippen molar-refractivity contribution in [3.63, 3.8) is 0 Å². The van der Waals surface area contributed by atoms with Gasteiger partial charge in [0.1, 0.15) is 11.1 Å². The quantitative estimate of drug-likeness (QED) is 0.387. The summed E-state index contributed by atoms with van der Waals surface area (Å²) in [6.07, 6.45) is 0.747. The lowest BCUT2D eigenvalue weighted by Gasteiger charge is -2.20. The van der Waals surface area contributed by atoms with Gasteiger partial charge in [-0.2, -0.15) is 0 Å². The molecule has 0 heterocycles. The van der Waals surface area contributed by atoms with Crippen molar-refractivity contribution in [1.29, 1.82) is 0 Å². The molecular formula is C21H23BrFNO3S. The van der Waals surface area contributed by atoms with Crippen molar-refractivity contribution in [1.82, 2.24) is 0 Å². The third-order valence-corrected chi connectivity index (χ3v) is 6.35. The molecule has 0 aliphatic rings. The Balaban J connectivity index is 2.24. The molecule has 2 aromatic rings. The Kier molecular flexibility index (Phi) is 8.51. The molecule has 0 saturated heterocycles. The highest BCUT2D eigenvalue weighted by Crippen LogP contribution is 2.37. The average molecular weight is 468 g/mol. The SMILES string of the molecule is CCCOC(=O)C(Sc1cc(NC(=O)c2ccccc2)c(F)cc1Br)C(C)C. The summed E-state index contributed by atoms with van der Waals surface area (Å²) >= 11 is 4.63. The van der Waals surface area contributed by atoms with Crippen LogP contribution >= 0.6 is 27.7 Å². The second kappa shape index (κ2) is 10.6. The van der Waals surface area contributed by atoms with Gasteiger partial charge in [-0.25, -0.2) is 4.39 Å². The highest BCUT2D eigenvalue weighted by Gasteiger charge is 2.26. The van der Waals surface area contributed by atoms with E-state index in [2.05, 4.69) is 21.2 Å². The number of anilines is 1. The monoisotopic (exact) mass is 467 g/mol. The number of ether oxygens (including phenoxy) is 1. The fraction of sp³-hybridized carbons (Fsp3) is 0.333. The molecule has 0 radical (unpaired) electrons. The third-order valence-electron chi connectivity index (χ3n) is 3.85. The van der Waals surface area contributed by atoms with Crippen LogP contribution in [0.15, 0.2) is 51.8 Å². The van der Waals surface area contributed by atoms with E-state index in [9.17, 15) is 14.0 Å². The lowest BCUT2D eigenvalue weighted by atomic mass is 10.1. The number of hydrogen-bond acceptors (Lipinski definition) is 4. The van der Waals surface area contributed by atoms with E-state index in [-0.39, 0.29) is 17.6 Å². The molecule has 0 fully saturated rings. The molecule has 0 aliphatic heterocycles. The van der Waals surface area contributed by atoms with Crippen molar-refractivity contribution in [2.45, 2.75) is 37.3 Å². The largest absolute Gasteiger partial charge is 0.465 e. The number of halogens is 2. The standard InChI is InChI=1S/C21H23BrFNO3S/c1-4-10-27-21(26)19(13(2)3)28-18-12-17(16(23)11-15(18)22)24-20(25)14-8-6-5-7-9-14/h5-9,11-13,19H,4,10H2,1-3H3,(H,24,25). The molecule has 0 aliphatic carbocycles. The van der Waals surface area contributed by atoms with Crippen LogP contribution in [0.2, 0.25) is 0 Å². The first-order valence-corrected chi connectivity index (χ1v) is 10.7. The van der Waals surface area contributed by atoms with E-state index in [0.717, 1.165) is 6.42 Å². The fourth-order valence-corrected chi connectivity index (χ4v) is 4.04. The summed E-state index contributed by atoms with van der Waals surface area (Å²) in [5.74, 6) is -1.24. The summed E-state index contributed by atoms with van der Waals surface area (Å²) < 4.78 is 20.2. The topological polar surface area (TPSA) is 55.4 Å².